The number of nitrogens with one attached hydrogen (secondary N) is 2. The first-order valence-electron chi connectivity index (χ1n) is 9.98. The fraction of sp³-hybridized carbons (Fsp3) is 0.550. The first-order chi connectivity index (χ1) is 13.3. The van der Waals surface area contributed by atoms with E-state index in [0.29, 0.717) is 0 Å². The van der Waals surface area contributed by atoms with Crippen LogP contribution in [0.4, 0.5) is 0 Å². The van der Waals surface area contributed by atoms with E-state index in [9.17, 15) is 0 Å². The van der Waals surface area contributed by atoms with Crippen molar-refractivity contribution in [3.63, 3.8) is 0 Å². The standard InChI is InChI=1S/C20H31N7.HI/c1-3-19-25-24-16-27(19)14-11-23-20(21-4-2)22-10-13-26-12-9-17-7-5-6-8-18(17)15-26;/h5-8,16H,3-4,9-15H2,1-2H3,(H2,21,22,23);1H. The maximum atomic E-state index is 4.74. The number of aromatic nitrogens is 3. The van der Waals surface area contributed by atoms with Crippen LogP contribution in [0.25, 0.3) is 0 Å². The van der Waals surface area contributed by atoms with E-state index in [-0.39, 0.29) is 24.0 Å². The van der Waals surface area contributed by atoms with E-state index < -0.39 is 0 Å². The molecule has 1 aromatic carbocycles. The molecule has 1 aliphatic rings. The highest BCUT2D eigenvalue weighted by atomic mass is 127. The molecule has 0 unspecified atom stereocenters. The molecule has 28 heavy (non-hydrogen) atoms. The van der Waals surface area contributed by atoms with Crippen LogP contribution in [0.3, 0.4) is 0 Å². The fourth-order valence-corrected chi connectivity index (χ4v) is 3.42. The molecule has 2 heterocycles. The molecular weight excluding hydrogens is 465 g/mol. The topological polar surface area (TPSA) is 70.4 Å². The summed E-state index contributed by atoms with van der Waals surface area (Å²) in [5.41, 5.74) is 2.95. The number of hydrogen-bond donors (Lipinski definition) is 2. The summed E-state index contributed by atoms with van der Waals surface area (Å²) < 4.78 is 2.09. The van der Waals surface area contributed by atoms with Gasteiger partial charge in [-0.05, 0) is 24.5 Å². The molecule has 0 atom stereocenters. The Bertz CT molecular complexity index is 744. The predicted octanol–water partition coefficient (Wildman–Crippen LogP) is 2.07. The maximum Gasteiger partial charge on any atom is 0.191 e. The molecule has 3 rings (SSSR count). The van der Waals surface area contributed by atoms with Crippen LogP contribution >= 0.6 is 24.0 Å². The second-order valence-corrected chi connectivity index (χ2v) is 6.78. The zero-order valence-electron chi connectivity index (χ0n) is 16.9. The molecule has 2 aromatic rings. The van der Waals surface area contributed by atoms with Crippen LogP contribution in [0.2, 0.25) is 0 Å². The van der Waals surface area contributed by atoms with E-state index in [2.05, 4.69) is 68.4 Å². The van der Waals surface area contributed by atoms with E-state index >= 15 is 0 Å². The van der Waals surface area contributed by atoms with E-state index in [4.69, 9.17) is 4.99 Å². The van der Waals surface area contributed by atoms with Crippen molar-refractivity contribution in [3.8, 4) is 0 Å². The lowest BCUT2D eigenvalue weighted by Gasteiger charge is -2.28. The number of benzene rings is 1. The molecule has 0 fully saturated rings. The molecule has 0 bridgehead atoms. The van der Waals surface area contributed by atoms with Crippen LogP contribution < -0.4 is 10.6 Å². The SMILES string of the molecule is CCNC(=NCCN1CCc2ccccc2C1)NCCn1cnnc1CC.I. The van der Waals surface area contributed by atoms with Crippen LogP contribution in [0.15, 0.2) is 35.6 Å². The first-order valence-corrected chi connectivity index (χ1v) is 9.98. The molecule has 2 N–H and O–H groups in total. The van der Waals surface area contributed by atoms with E-state index in [1.165, 1.54) is 11.1 Å². The molecule has 0 amide bonds. The summed E-state index contributed by atoms with van der Waals surface area (Å²) in [5.74, 6) is 1.89. The van der Waals surface area contributed by atoms with E-state index in [0.717, 1.165) is 70.4 Å². The van der Waals surface area contributed by atoms with Gasteiger partial charge in [0.05, 0.1) is 6.54 Å². The van der Waals surface area contributed by atoms with Crippen molar-refractivity contribution in [1.29, 1.82) is 0 Å². The Labute approximate surface area is 185 Å². The zero-order chi connectivity index (χ0) is 18.9. The van der Waals surface area contributed by atoms with Crippen molar-refractivity contribution < 1.29 is 0 Å². The Morgan fingerprint density at radius 1 is 1.14 bits per heavy atom. The van der Waals surface area contributed by atoms with Crippen molar-refractivity contribution in [1.82, 2.24) is 30.3 Å². The molecule has 8 heteroatoms. The highest BCUT2D eigenvalue weighted by molar-refractivity contribution is 14.0. The van der Waals surface area contributed by atoms with Gasteiger partial charge in [0.1, 0.15) is 12.2 Å². The number of hydrogen-bond acceptors (Lipinski definition) is 4. The molecule has 1 aliphatic heterocycles. The molecule has 1 aromatic heterocycles. The lowest BCUT2D eigenvalue weighted by Crippen LogP contribution is -2.40. The van der Waals surface area contributed by atoms with Gasteiger partial charge >= 0.3 is 0 Å². The molecule has 0 aliphatic carbocycles. The predicted molar refractivity (Wildman–Crippen MR) is 124 cm³/mol. The third kappa shape index (κ3) is 6.44. The minimum Gasteiger partial charge on any atom is -0.357 e. The highest BCUT2D eigenvalue weighted by Gasteiger charge is 2.14. The second kappa shape index (κ2) is 12.0. The summed E-state index contributed by atoms with van der Waals surface area (Å²) in [4.78, 5) is 7.22. The minimum absolute atomic E-state index is 0. The monoisotopic (exact) mass is 497 g/mol. The van der Waals surface area contributed by atoms with Crippen LogP contribution in [-0.4, -0.2) is 58.3 Å². The van der Waals surface area contributed by atoms with Gasteiger partial charge in [-0.1, -0.05) is 31.2 Å². The van der Waals surface area contributed by atoms with Crippen molar-refractivity contribution in [2.75, 3.05) is 32.7 Å². The van der Waals surface area contributed by atoms with Gasteiger partial charge in [0.15, 0.2) is 5.96 Å². The largest absolute Gasteiger partial charge is 0.357 e. The molecule has 0 spiro atoms. The fourth-order valence-electron chi connectivity index (χ4n) is 3.42. The van der Waals surface area contributed by atoms with Crippen LogP contribution in [0.5, 0.6) is 0 Å². The van der Waals surface area contributed by atoms with E-state index in [1.807, 2.05) is 0 Å². The first kappa shape index (κ1) is 22.6. The van der Waals surface area contributed by atoms with Gasteiger partial charge in [0, 0.05) is 45.7 Å². The van der Waals surface area contributed by atoms with Crippen LogP contribution in [-0.2, 0) is 25.9 Å². The summed E-state index contributed by atoms with van der Waals surface area (Å²) >= 11 is 0. The number of aryl methyl sites for hydroxylation is 1. The third-order valence-corrected chi connectivity index (χ3v) is 4.90. The smallest absolute Gasteiger partial charge is 0.191 e. The Kier molecular flexibility index (Phi) is 9.69. The normalized spacial score (nSPS) is 14.3. The Morgan fingerprint density at radius 3 is 2.75 bits per heavy atom. The van der Waals surface area contributed by atoms with Gasteiger partial charge in [-0.25, -0.2) is 0 Å². The van der Waals surface area contributed by atoms with Crippen LogP contribution in [0, 0.1) is 0 Å². The summed E-state index contributed by atoms with van der Waals surface area (Å²) in [6, 6.07) is 8.76. The highest BCUT2D eigenvalue weighted by Crippen LogP contribution is 2.17. The van der Waals surface area contributed by atoms with Crippen molar-refractivity contribution in [3.05, 3.63) is 47.5 Å². The minimum atomic E-state index is 0. The number of guanidine groups is 1. The van der Waals surface area contributed by atoms with Gasteiger partial charge in [-0.2, -0.15) is 0 Å². The summed E-state index contributed by atoms with van der Waals surface area (Å²) in [6.07, 6.45) is 3.82. The molecule has 0 saturated carbocycles. The number of rotatable bonds is 8. The zero-order valence-corrected chi connectivity index (χ0v) is 19.2. The van der Waals surface area contributed by atoms with Crippen molar-refractivity contribution >= 4 is 29.9 Å². The average Bonchev–Trinajstić information content (AvgIpc) is 3.15. The van der Waals surface area contributed by atoms with Crippen LogP contribution in [0.1, 0.15) is 30.8 Å². The van der Waals surface area contributed by atoms with Gasteiger partial charge in [-0.3, -0.25) is 9.89 Å². The van der Waals surface area contributed by atoms with Gasteiger partial charge in [0.2, 0.25) is 0 Å². The van der Waals surface area contributed by atoms with Crippen molar-refractivity contribution in [2.45, 2.75) is 39.8 Å². The molecule has 154 valence electrons. The summed E-state index contributed by atoms with van der Waals surface area (Å²) in [6.45, 7) is 10.6. The lowest BCUT2D eigenvalue weighted by molar-refractivity contribution is 0.261. The average molecular weight is 497 g/mol. The molecular formula is C20H32IN7. The maximum absolute atomic E-state index is 4.74. The molecule has 0 radical (unpaired) electrons. The Morgan fingerprint density at radius 2 is 1.96 bits per heavy atom. The summed E-state index contributed by atoms with van der Waals surface area (Å²) in [5, 5.41) is 14.8. The summed E-state index contributed by atoms with van der Waals surface area (Å²) in [7, 11) is 0. The molecule has 0 saturated heterocycles. The van der Waals surface area contributed by atoms with Gasteiger partial charge in [0.25, 0.3) is 0 Å². The van der Waals surface area contributed by atoms with Crippen molar-refractivity contribution in [2.24, 2.45) is 4.99 Å². The number of halogens is 1. The number of aliphatic imine (C=N–C) groups is 1. The quantitative estimate of drug-likeness (QED) is 0.332. The van der Waals surface area contributed by atoms with E-state index in [1.54, 1.807) is 6.33 Å². The lowest BCUT2D eigenvalue weighted by atomic mass is 10.0. The van der Waals surface area contributed by atoms with Gasteiger partial charge in [-0.15, -0.1) is 34.2 Å². The Hall–Kier alpha value is -1.68. The number of nitrogens with zero attached hydrogens (tertiary/aromatic N) is 5. The second-order valence-electron chi connectivity index (χ2n) is 6.78. The van der Waals surface area contributed by atoms with Gasteiger partial charge < -0.3 is 15.2 Å². The molecule has 7 nitrogen and oxygen atoms in total. The Balaban J connectivity index is 0.00000280. The number of fused-ring (bicyclic) bond motifs is 1. The third-order valence-electron chi connectivity index (χ3n) is 4.90.